The number of pyridine rings is 1. The third kappa shape index (κ3) is 2.01. The zero-order valence-corrected chi connectivity index (χ0v) is 8.60. The quantitative estimate of drug-likeness (QED) is 0.730. The highest BCUT2D eigenvalue weighted by Gasteiger charge is 2.28. The molecule has 3 N–H and O–H groups in total. The predicted octanol–water partition coefficient (Wildman–Crippen LogP) is 0.306. The number of anilines is 2. The van der Waals surface area contributed by atoms with Crippen molar-refractivity contribution < 1.29 is 4.79 Å². The van der Waals surface area contributed by atoms with Gasteiger partial charge in [0.25, 0.3) is 0 Å². The minimum absolute atomic E-state index is 0.123. The first-order valence-corrected chi connectivity index (χ1v) is 4.89. The minimum Gasteiger partial charge on any atom is -0.397 e. The minimum atomic E-state index is -0.140. The zero-order valence-electron chi connectivity index (χ0n) is 8.60. The van der Waals surface area contributed by atoms with Crippen molar-refractivity contribution in [1.29, 1.82) is 0 Å². The molecule has 5 heteroatoms. The summed E-state index contributed by atoms with van der Waals surface area (Å²) in [5.41, 5.74) is 6.99. The molecule has 15 heavy (non-hydrogen) atoms. The summed E-state index contributed by atoms with van der Waals surface area (Å²) in [6.07, 6.45) is 4.07. The van der Waals surface area contributed by atoms with Gasteiger partial charge in [0.1, 0.15) is 6.04 Å². The maximum Gasteiger partial charge on any atom is 0.244 e. The van der Waals surface area contributed by atoms with Crippen molar-refractivity contribution >= 4 is 17.3 Å². The zero-order chi connectivity index (χ0) is 10.8. The number of carbonyl (C=O) groups is 1. The highest BCUT2D eigenvalue weighted by molar-refractivity contribution is 5.86. The van der Waals surface area contributed by atoms with Gasteiger partial charge in [0.05, 0.1) is 17.6 Å². The van der Waals surface area contributed by atoms with Crippen LogP contribution in [-0.4, -0.2) is 35.4 Å². The molecule has 2 rings (SSSR count). The Morgan fingerprint density at radius 1 is 1.60 bits per heavy atom. The van der Waals surface area contributed by atoms with Gasteiger partial charge in [-0.2, -0.15) is 0 Å². The Hall–Kier alpha value is -1.78. The van der Waals surface area contributed by atoms with E-state index in [1.165, 1.54) is 0 Å². The third-order valence-electron chi connectivity index (χ3n) is 2.53. The van der Waals surface area contributed by atoms with Crippen molar-refractivity contribution in [3.8, 4) is 0 Å². The van der Waals surface area contributed by atoms with E-state index in [-0.39, 0.29) is 11.9 Å². The lowest BCUT2D eigenvalue weighted by molar-refractivity contribution is -0.127. The van der Waals surface area contributed by atoms with Crippen LogP contribution in [0.4, 0.5) is 11.4 Å². The average molecular weight is 206 g/mol. The van der Waals surface area contributed by atoms with Crippen LogP contribution in [0.3, 0.4) is 0 Å². The number of hydrogen-bond acceptors (Lipinski definition) is 4. The van der Waals surface area contributed by atoms with Crippen LogP contribution in [0.15, 0.2) is 18.5 Å². The fourth-order valence-corrected chi connectivity index (χ4v) is 1.69. The Bertz CT molecular complexity index is 379. The van der Waals surface area contributed by atoms with Gasteiger partial charge in [0, 0.05) is 19.8 Å². The van der Waals surface area contributed by atoms with Crippen LogP contribution >= 0.6 is 0 Å². The molecule has 1 aromatic heterocycles. The van der Waals surface area contributed by atoms with E-state index in [4.69, 9.17) is 5.73 Å². The fraction of sp³-hybridized carbons (Fsp3) is 0.400. The molecule has 0 bridgehead atoms. The summed E-state index contributed by atoms with van der Waals surface area (Å²) in [6.45, 7) is 0.798. The molecule has 1 saturated heterocycles. The maximum atomic E-state index is 11.6. The molecule has 1 unspecified atom stereocenters. The predicted molar refractivity (Wildman–Crippen MR) is 58.3 cm³/mol. The van der Waals surface area contributed by atoms with Crippen molar-refractivity contribution in [3.63, 3.8) is 0 Å². The molecule has 0 saturated carbocycles. The van der Waals surface area contributed by atoms with E-state index in [1.807, 2.05) is 7.05 Å². The Morgan fingerprint density at radius 3 is 3.00 bits per heavy atom. The van der Waals surface area contributed by atoms with Gasteiger partial charge in [-0.05, 0) is 12.5 Å². The van der Waals surface area contributed by atoms with Crippen molar-refractivity contribution in [1.82, 2.24) is 9.88 Å². The Morgan fingerprint density at radius 2 is 2.40 bits per heavy atom. The number of aromatic nitrogens is 1. The summed E-state index contributed by atoms with van der Waals surface area (Å²) in [7, 11) is 1.81. The van der Waals surface area contributed by atoms with Gasteiger partial charge < -0.3 is 16.0 Å². The number of hydrogen-bond donors (Lipinski definition) is 2. The van der Waals surface area contributed by atoms with E-state index in [2.05, 4.69) is 10.3 Å². The third-order valence-corrected chi connectivity index (χ3v) is 2.53. The number of likely N-dealkylation sites (N-methyl/N-ethyl adjacent to an activating group) is 1. The highest BCUT2D eigenvalue weighted by atomic mass is 16.2. The molecular weight excluding hydrogens is 192 g/mol. The summed E-state index contributed by atoms with van der Waals surface area (Å²) < 4.78 is 0. The van der Waals surface area contributed by atoms with Gasteiger partial charge in [-0.1, -0.05) is 0 Å². The van der Waals surface area contributed by atoms with Crippen LogP contribution in [0, 0.1) is 0 Å². The second-order valence-electron chi connectivity index (χ2n) is 3.75. The lowest BCUT2D eigenvalue weighted by atomic mass is 10.2. The molecule has 2 heterocycles. The van der Waals surface area contributed by atoms with Crippen molar-refractivity contribution in [2.45, 2.75) is 12.5 Å². The van der Waals surface area contributed by atoms with Crippen LogP contribution in [-0.2, 0) is 4.79 Å². The van der Waals surface area contributed by atoms with Crippen LogP contribution < -0.4 is 11.1 Å². The summed E-state index contributed by atoms with van der Waals surface area (Å²) >= 11 is 0. The molecule has 0 aliphatic carbocycles. The molecule has 1 atom stereocenters. The maximum absolute atomic E-state index is 11.6. The van der Waals surface area contributed by atoms with Gasteiger partial charge >= 0.3 is 0 Å². The highest BCUT2D eigenvalue weighted by Crippen LogP contribution is 2.16. The first kappa shape index (κ1) is 9.76. The second kappa shape index (κ2) is 3.76. The Balaban J connectivity index is 2.06. The van der Waals surface area contributed by atoms with E-state index in [1.54, 1.807) is 23.4 Å². The van der Waals surface area contributed by atoms with Crippen molar-refractivity contribution in [3.05, 3.63) is 18.5 Å². The number of rotatable bonds is 2. The standard InChI is InChI=1S/C10H14N4O/c1-14-3-2-9(10(14)15)13-8-4-7(11)5-12-6-8/h4-6,9,13H,2-3,11H2,1H3. The van der Waals surface area contributed by atoms with Gasteiger partial charge in [0.2, 0.25) is 5.91 Å². The van der Waals surface area contributed by atoms with E-state index in [9.17, 15) is 4.79 Å². The van der Waals surface area contributed by atoms with Crippen molar-refractivity contribution in [2.24, 2.45) is 0 Å². The monoisotopic (exact) mass is 206 g/mol. The molecule has 1 aliphatic rings. The molecule has 0 radical (unpaired) electrons. The van der Waals surface area contributed by atoms with Gasteiger partial charge in [-0.3, -0.25) is 9.78 Å². The first-order valence-electron chi connectivity index (χ1n) is 4.89. The molecule has 80 valence electrons. The topological polar surface area (TPSA) is 71.2 Å². The second-order valence-corrected chi connectivity index (χ2v) is 3.75. The molecule has 1 fully saturated rings. The number of nitrogens with one attached hydrogen (secondary N) is 1. The SMILES string of the molecule is CN1CCC(Nc2cncc(N)c2)C1=O. The molecule has 5 nitrogen and oxygen atoms in total. The molecule has 0 spiro atoms. The van der Waals surface area contributed by atoms with E-state index < -0.39 is 0 Å². The summed E-state index contributed by atoms with van der Waals surface area (Å²) in [5.74, 6) is 0.123. The number of likely N-dealkylation sites (tertiary alicyclic amines) is 1. The number of carbonyl (C=O) groups excluding carboxylic acids is 1. The van der Waals surface area contributed by atoms with Crippen LogP contribution in [0.1, 0.15) is 6.42 Å². The number of nitrogens with two attached hydrogens (primary N) is 1. The van der Waals surface area contributed by atoms with Crippen LogP contribution in [0.2, 0.25) is 0 Å². The smallest absolute Gasteiger partial charge is 0.244 e. The number of nitrogens with zero attached hydrogens (tertiary/aromatic N) is 2. The normalized spacial score (nSPS) is 20.7. The molecule has 1 amide bonds. The average Bonchev–Trinajstić information content (AvgIpc) is 2.50. The lowest BCUT2D eigenvalue weighted by Crippen LogP contribution is -2.30. The van der Waals surface area contributed by atoms with Crippen molar-refractivity contribution in [2.75, 3.05) is 24.6 Å². The van der Waals surface area contributed by atoms with E-state index >= 15 is 0 Å². The molecular formula is C10H14N4O. The summed E-state index contributed by atoms with van der Waals surface area (Å²) in [5, 5.41) is 3.13. The molecule has 0 aromatic carbocycles. The summed E-state index contributed by atoms with van der Waals surface area (Å²) in [4.78, 5) is 17.3. The fourth-order valence-electron chi connectivity index (χ4n) is 1.69. The Kier molecular flexibility index (Phi) is 2.45. The van der Waals surface area contributed by atoms with Gasteiger partial charge in [-0.25, -0.2) is 0 Å². The number of nitrogen functional groups attached to an aromatic ring is 1. The van der Waals surface area contributed by atoms with Gasteiger partial charge in [-0.15, -0.1) is 0 Å². The van der Waals surface area contributed by atoms with E-state index in [0.717, 1.165) is 18.7 Å². The number of amides is 1. The van der Waals surface area contributed by atoms with Crippen LogP contribution in [0.25, 0.3) is 0 Å². The summed E-state index contributed by atoms with van der Waals surface area (Å²) in [6, 6.07) is 1.64. The van der Waals surface area contributed by atoms with Crippen LogP contribution in [0.5, 0.6) is 0 Å². The largest absolute Gasteiger partial charge is 0.397 e. The van der Waals surface area contributed by atoms with Gasteiger partial charge in [0.15, 0.2) is 0 Å². The Labute approximate surface area is 88.3 Å². The molecule has 1 aromatic rings. The van der Waals surface area contributed by atoms with E-state index in [0.29, 0.717) is 5.69 Å². The lowest BCUT2D eigenvalue weighted by Gasteiger charge is -2.13. The first-order chi connectivity index (χ1) is 7.16. The molecule has 1 aliphatic heterocycles.